The van der Waals surface area contributed by atoms with E-state index >= 15 is 0 Å². The molecule has 0 radical (unpaired) electrons. The highest BCUT2D eigenvalue weighted by molar-refractivity contribution is 4.56. The number of hydrogen-bond acceptors (Lipinski definition) is 2. The zero-order chi connectivity index (χ0) is 7.11. The summed E-state index contributed by atoms with van der Waals surface area (Å²) < 4.78 is 0. The molecule has 0 aliphatic carbocycles. The van der Waals surface area contributed by atoms with Gasteiger partial charge in [0.05, 0.1) is 0 Å². The highest BCUT2D eigenvalue weighted by Gasteiger charge is 1.93. The van der Waals surface area contributed by atoms with Crippen LogP contribution >= 0.6 is 0 Å². The quantitative estimate of drug-likeness (QED) is 0.538. The Kier molecular flexibility index (Phi) is 5.99. The maximum absolute atomic E-state index is 5.32. The van der Waals surface area contributed by atoms with Gasteiger partial charge in [0.2, 0.25) is 0 Å². The maximum atomic E-state index is 5.32. The van der Waals surface area contributed by atoms with Gasteiger partial charge >= 0.3 is 0 Å². The van der Waals surface area contributed by atoms with E-state index in [4.69, 9.17) is 5.73 Å². The second-order valence-electron chi connectivity index (χ2n) is 2.41. The summed E-state index contributed by atoms with van der Waals surface area (Å²) in [6.45, 7) is 6.23. The molecule has 2 nitrogen and oxygen atoms in total. The van der Waals surface area contributed by atoms with Crippen LogP contribution in [0.1, 0.15) is 26.7 Å². The predicted molar refractivity (Wildman–Crippen MR) is 41.4 cm³/mol. The Bertz CT molecular complexity index is 54.9. The van der Waals surface area contributed by atoms with E-state index in [0.29, 0.717) is 6.04 Å². The summed E-state index contributed by atoms with van der Waals surface area (Å²) in [7, 11) is 0. The van der Waals surface area contributed by atoms with Crippen LogP contribution in [0.3, 0.4) is 0 Å². The average Bonchev–Trinajstić information content (AvgIpc) is 1.89. The summed E-state index contributed by atoms with van der Waals surface area (Å²) in [6, 6.07) is 0.650. The van der Waals surface area contributed by atoms with E-state index in [1.807, 2.05) is 0 Å². The first-order chi connectivity index (χ1) is 4.31. The van der Waals surface area contributed by atoms with Gasteiger partial charge in [-0.2, -0.15) is 0 Å². The number of nitrogens with one attached hydrogen (secondary N) is 1. The van der Waals surface area contributed by atoms with E-state index in [1.165, 1.54) is 6.42 Å². The molecule has 0 rings (SSSR count). The van der Waals surface area contributed by atoms with Crippen LogP contribution < -0.4 is 11.1 Å². The largest absolute Gasteiger partial charge is 0.330 e. The number of rotatable bonds is 5. The van der Waals surface area contributed by atoms with Crippen LogP contribution in [0.5, 0.6) is 0 Å². The molecule has 1 atom stereocenters. The van der Waals surface area contributed by atoms with Gasteiger partial charge in [-0.15, -0.1) is 0 Å². The Morgan fingerprint density at radius 1 is 1.56 bits per heavy atom. The fraction of sp³-hybridized carbons (Fsp3) is 1.00. The van der Waals surface area contributed by atoms with Crippen molar-refractivity contribution in [3.05, 3.63) is 0 Å². The first-order valence-electron chi connectivity index (χ1n) is 3.74. The highest BCUT2D eigenvalue weighted by atomic mass is 14.9. The summed E-state index contributed by atoms with van der Waals surface area (Å²) in [5.74, 6) is 0. The molecule has 0 spiro atoms. The van der Waals surface area contributed by atoms with Gasteiger partial charge in [-0.05, 0) is 32.9 Å². The van der Waals surface area contributed by atoms with Gasteiger partial charge in [-0.1, -0.05) is 6.92 Å². The van der Waals surface area contributed by atoms with Gasteiger partial charge in [0.1, 0.15) is 0 Å². The first-order valence-corrected chi connectivity index (χ1v) is 3.74. The van der Waals surface area contributed by atoms with Crippen molar-refractivity contribution in [3.8, 4) is 0 Å². The molecule has 3 N–H and O–H groups in total. The molecule has 0 fully saturated rings. The van der Waals surface area contributed by atoms with E-state index in [2.05, 4.69) is 19.2 Å². The Balaban J connectivity index is 2.88. The molecule has 2 heteroatoms. The predicted octanol–water partition coefficient (Wildman–Crippen LogP) is 0.723. The third kappa shape index (κ3) is 5.80. The van der Waals surface area contributed by atoms with Gasteiger partial charge in [0, 0.05) is 6.04 Å². The van der Waals surface area contributed by atoms with E-state index in [9.17, 15) is 0 Å². The van der Waals surface area contributed by atoms with Crippen LogP contribution in [0.25, 0.3) is 0 Å². The Labute approximate surface area is 57.8 Å². The minimum absolute atomic E-state index is 0.650. The molecule has 0 aromatic heterocycles. The van der Waals surface area contributed by atoms with Crippen LogP contribution in [0.4, 0.5) is 0 Å². The molecule has 0 bridgehead atoms. The minimum atomic E-state index is 0.650. The fourth-order valence-corrected chi connectivity index (χ4v) is 0.595. The van der Waals surface area contributed by atoms with Crippen LogP contribution in [0, 0.1) is 0 Å². The van der Waals surface area contributed by atoms with Gasteiger partial charge in [0.15, 0.2) is 0 Å². The Hall–Kier alpha value is -0.0800. The van der Waals surface area contributed by atoms with Crippen LogP contribution in [-0.4, -0.2) is 19.1 Å². The number of hydrogen-bond donors (Lipinski definition) is 2. The molecule has 0 aliphatic heterocycles. The van der Waals surface area contributed by atoms with Crippen molar-refractivity contribution in [2.75, 3.05) is 13.1 Å². The molecule has 0 saturated carbocycles. The third-order valence-electron chi connectivity index (χ3n) is 1.49. The van der Waals surface area contributed by atoms with Gasteiger partial charge < -0.3 is 11.1 Å². The summed E-state index contributed by atoms with van der Waals surface area (Å²) in [5.41, 5.74) is 5.32. The van der Waals surface area contributed by atoms with Crippen molar-refractivity contribution in [3.63, 3.8) is 0 Å². The summed E-state index contributed by atoms with van der Waals surface area (Å²) in [6.07, 6.45) is 2.29. The molecule has 0 aromatic carbocycles. The normalized spacial score (nSPS) is 13.7. The van der Waals surface area contributed by atoms with Gasteiger partial charge in [-0.3, -0.25) is 0 Å². The Morgan fingerprint density at radius 2 is 2.22 bits per heavy atom. The van der Waals surface area contributed by atoms with E-state index in [-0.39, 0.29) is 0 Å². The zero-order valence-electron chi connectivity index (χ0n) is 6.48. The van der Waals surface area contributed by atoms with Crippen molar-refractivity contribution < 1.29 is 0 Å². The monoisotopic (exact) mass is 130 g/mol. The zero-order valence-corrected chi connectivity index (χ0v) is 6.48. The summed E-state index contributed by atoms with van der Waals surface area (Å²) in [4.78, 5) is 0. The average molecular weight is 130 g/mol. The maximum Gasteiger partial charge on any atom is 0.00361 e. The van der Waals surface area contributed by atoms with Crippen molar-refractivity contribution in [2.45, 2.75) is 32.7 Å². The van der Waals surface area contributed by atoms with Crippen LogP contribution in [0.15, 0.2) is 0 Å². The lowest BCUT2D eigenvalue weighted by molar-refractivity contribution is 0.527. The molecule has 56 valence electrons. The van der Waals surface area contributed by atoms with Gasteiger partial charge in [-0.25, -0.2) is 0 Å². The van der Waals surface area contributed by atoms with Crippen molar-refractivity contribution in [1.82, 2.24) is 5.32 Å². The second-order valence-corrected chi connectivity index (χ2v) is 2.41. The minimum Gasteiger partial charge on any atom is -0.330 e. The third-order valence-corrected chi connectivity index (χ3v) is 1.49. The second kappa shape index (κ2) is 6.05. The molecule has 0 saturated heterocycles. The van der Waals surface area contributed by atoms with Crippen LogP contribution in [0.2, 0.25) is 0 Å². The molecule has 0 heterocycles. The summed E-state index contributed by atoms with van der Waals surface area (Å²) in [5, 5.41) is 3.35. The molecule has 9 heavy (non-hydrogen) atoms. The van der Waals surface area contributed by atoms with E-state index in [0.717, 1.165) is 19.5 Å². The lowest BCUT2D eigenvalue weighted by atomic mass is 10.2. The van der Waals surface area contributed by atoms with E-state index < -0.39 is 0 Å². The van der Waals surface area contributed by atoms with Crippen LogP contribution in [-0.2, 0) is 0 Å². The molecule has 0 aliphatic rings. The first kappa shape index (κ1) is 8.92. The SMILES string of the molecule is CC[C@@H](C)NCCCN. The van der Waals surface area contributed by atoms with Crippen molar-refractivity contribution >= 4 is 0 Å². The standard InChI is InChI=1S/C7H18N2/c1-3-7(2)9-6-4-5-8/h7,9H,3-6,8H2,1-2H3/t7-/m1/s1. The molecule has 0 amide bonds. The number of nitrogens with two attached hydrogens (primary N) is 1. The summed E-state index contributed by atoms with van der Waals surface area (Å²) >= 11 is 0. The van der Waals surface area contributed by atoms with Gasteiger partial charge in [0.25, 0.3) is 0 Å². The smallest absolute Gasteiger partial charge is 0.00361 e. The fourth-order valence-electron chi connectivity index (χ4n) is 0.595. The van der Waals surface area contributed by atoms with Crippen molar-refractivity contribution in [2.24, 2.45) is 5.73 Å². The molecular formula is C7H18N2. The topological polar surface area (TPSA) is 38.0 Å². The Morgan fingerprint density at radius 3 is 2.67 bits per heavy atom. The van der Waals surface area contributed by atoms with Crippen molar-refractivity contribution in [1.29, 1.82) is 0 Å². The van der Waals surface area contributed by atoms with E-state index in [1.54, 1.807) is 0 Å². The molecule has 0 unspecified atom stereocenters. The lowest BCUT2D eigenvalue weighted by Gasteiger charge is -2.09. The molecule has 0 aromatic rings. The highest BCUT2D eigenvalue weighted by Crippen LogP contribution is 1.86. The lowest BCUT2D eigenvalue weighted by Crippen LogP contribution is -2.27. The molecular weight excluding hydrogens is 112 g/mol.